The Bertz CT molecular complexity index is 399. The van der Waals surface area contributed by atoms with Crippen LogP contribution in [0.4, 0.5) is 0 Å². The Morgan fingerprint density at radius 2 is 1.82 bits per heavy atom. The van der Waals surface area contributed by atoms with E-state index < -0.39 is 0 Å². The number of halogens is 1. The third-order valence-corrected chi connectivity index (χ3v) is 4.65. The largest absolute Gasteiger partial charge is 0.304 e. The van der Waals surface area contributed by atoms with Crippen molar-refractivity contribution in [3.63, 3.8) is 0 Å². The number of alkyl halides is 1. The molecular formula is C14H19ClN2. The lowest BCUT2D eigenvalue weighted by Crippen LogP contribution is -2.49. The van der Waals surface area contributed by atoms with Gasteiger partial charge in [-0.15, -0.1) is 11.6 Å². The molecule has 0 bridgehead atoms. The summed E-state index contributed by atoms with van der Waals surface area (Å²) in [5.41, 5.74) is 2.79. The Balaban J connectivity index is 1.75. The van der Waals surface area contributed by atoms with Gasteiger partial charge in [0.05, 0.1) is 5.38 Å². The van der Waals surface area contributed by atoms with Gasteiger partial charge in [0, 0.05) is 32.2 Å². The van der Waals surface area contributed by atoms with Gasteiger partial charge in [0.25, 0.3) is 0 Å². The molecule has 17 heavy (non-hydrogen) atoms. The van der Waals surface area contributed by atoms with Gasteiger partial charge in [0.15, 0.2) is 0 Å². The molecule has 0 aromatic heterocycles. The maximum absolute atomic E-state index is 6.62. The number of nitrogens with zero attached hydrogens (tertiary/aromatic N) is 2. The van der Waals surface area contributed by atoms with Gasteiger partial charge in [0.2, 0.25) is 0 Å². The smallest absolute Gasteiger partial charge is 0.0746 e. The van der Waals surface area contributed by atoms with E-state index in [4.69, 9.17) is 11.6 Å². The van der Waals surface area contributed by atoms with Gasteiger partial charge in [-0.2, -0.15) is 0 Å². The highest BCUT2D eigenvalue weighted by Crippen LogP contribution is 2.39. The van der Waals surface area contributed by atoms with E-state index in [0.29, 0.717) is 6.04 Å². The topological polar surface area (TPSA) is 6.48 Å². The summed E-state index contributed by atoms with van der Waals surface area (Å²) in [7, 11) is 2.19. The molecule has 0 saturated carbocycles. The van der Waals surface area contributed by atoms with Crippen LogP contribution in [-0.2, 0) is 6.42 Å². The molecule has 0 N–H and O–H groups in total. The maximum atomic E-state index is 6.62. The van der Waals surface area contributed by atoms with Crippen molar-refractivity contribution in [3.8, 4) is 0 Å². The molecule has 0 radical (unpaired) electrons. The molecule has 1 aromatic rings. The highest BCUT2D eigenvalue weighted by Gasteiger charge is 2.35. The Morgan fingerprint density at radius 1 is 1.12 bits per heavy atom. The van der Waals surface area contributed by atoms with Crippen molar-refractivity contribution in [3.05, 3.63) is 35.4 Å². The van der Waals surface area contributed by atoms with Crippen molar-refractivity contribution < 1.29 is 0 Å². The Kier molecular flexibility index (Phi) is 3.12. The minimum atomic E-state index is 0.176. The molecule has 1 aromatic carbocycles. The number of hydrogen-bond acceptors (Lipinski definition) is 2. The number of piperazine rings is 1. The lowest BCUT2D eigenvalue weighted by molar-refractivity contribution is 0.113. The molecule has 92 valence electrons. The van der Waals surface area contributed by atoms with Gasteiger partial charge in [-0.1, -0.05) is 24.3 Å². The van der Waals surface area contributed by atoms with Crippen molar-refractivity contribution in [2.45, 2.75) is 17.8 Å². The van der Waals surface area contributed by atoms with Crippen LogP contribution in [0.5, 0.6) is 0 Å². The molecule has 0 amide bonds. The van der Waals surface area contributed by atoms with Gasteiger partial charge in [-0.3, -0.25) is 4.90 Å². The summed E-state index contributed by atoms with van der Waals surface area (Å²) in [6.45, 7) is 4.63. The molecule has 3 heteroatoms. The zero-order chi connectivity index (χ0) is 11.8. The summed E-state index contributed by atoms with van der Waals surface area (Å²) in [6.07, 6.45) is 1.12. The third-order valence-electron chi connectivity index (χ3n) is 4.13. The average molecular weight is 251 g/mol. The fraction of sp³-hybridized carbons (Fsp3) is 0.571. The molecule has 1 fully saturated rings. The van der Waals surface area contributed by atoms with E-state index >= 15 is 0 Å². The van der Waals surface area contributed by atoms with E-state index in [1.54, 1.807) is 0 Å². The van der Waals surface area contributed by atoms with Gasteiger partial charge in [-0.05, 0) is 24.6 Å². The highest BCUT2D eigenvalue weighted by molar-refractivity contribution is 6.21. The van der Waals surface area contributed by atoms with E-state index in [9.17, 15) is 0 Å². The quantitative estimate of drug-likeness (QED) is 0.705. The molecule has 1 aliphatic carbocycles. The lowest BCUT2D eigenvalue weighted by atomic mass is 10.1. The Morgan fingerprint density at radius 3 is 2.53 bits per heavy atom. The normalized spacial score (nSPS) is 30.5. The molecular weight excluding hydrogens is 232 g/mol. The summed E-state index contributed by atoms with van der Waals surface area (Å²) in [6, 6.07) is 9.13. The third kappa shape index (κ3) is 2.10. The van der Waals surface area contributed by atoms with Crippen molar-refractivity contribution in [1.82, 2.24) is 9.80 Å². The standard InChI is InChI=1S/C14H19ClN2/c1-16-6-8-17(9-7-16)13-10-11-4-2-3-5-12(11)14(13)15/h2-5,13-14H,6-10H2,1H3. The fourth-order valence-corrected chi connectivity index (χ4v) is 3.45. The first-order valence-electron chi connectivity index (χ1n) is 6.40. The van der Waals surface area contributed by atoms with Gasteiger partial charge < -0.3 is 4.90 Å². The summed E-state index contributed by atoms with van der Waals surface area (Å²) in [4.78, 5) is 4.96. The second kappa shape index (κ2) is 4.60. The predicted molar refractivity (Wildman–Crippen MR) is 71.6 cm³/mol. The Hall–Kier alpha value is -0.570. The SMILES string of the molecule is CN1CCN(C2Cc3ccccc3C2Cl)CC1. The number of rotatable bonds is 1. The van der Waals surface area contributed by atoms with Crippen LogP contribution >= 0.6 is 11.6 Å². The first-order chi connectivity index (χ1) is 8.25. The maximum Gasteiger partial charge on any atom is 0.0746 e. The van der Waals surface area contributed by atoms with E-state index in [2.05, 4.69) is 41.1 Å². The van der Waals surface area contributed by atoms with Crippen LogP contribution in [0.3, 0.4) is 0 Å². The highest BCUT2D eigenvalue weighted by atomic mass is 35.5. The molecule has 2 aliphatic rings. The molecule has 0 spiro atoms. The predicted octanol–water partition coefficient (Wildman–Crippen LogP) is 2.14. The first-order valence-corrected chi connectivity index (χ1v) is 6.84. The van der Waals surface area contributed by atoms with Crippen LogP contribution in [0.1, 0.15) is 16.5 Å². The fourth-order valence-electron chi connectivity index (χ4n) is 2.99. The van der Waals surface area contributed by atoms with Crippen molar-refractivity contribution >= 4 is 11.6 Å². The number of hydrogen-bond donors (Lipinski definition) is 0. The summed E-state index contributed by atoms with van der Waals surface area (Å²) >= 11 is 6.62. The zero-order valence-electron chi connectivity index (χ0n) is 10.3. The van der Waals surface area contributed by atoms with Crippen LogP contribution in [0, 0.1) is 0 Å². The number of likely N-dealkylation sites (N-methyl/N-ethyl adjacent to an activating group) is 1. The van der Waals surface area contributed by atoms with Crippen LogP contribution < -0.4 is 0 Å². The zero-order valence-corrected chi connectivity index (χ0v) is 11.0. The number of benzene rings is 1. The van der Waals surface area contributed by atoms with Gasteiger partial charge in [0.1, 0.15) is 0 Å². The molecule has 1 heterocycles. The van der Waals surface area contributed by atoms with Gasteiger partial charge in [-0.25, -0.2) is 0 Å². The van der Waals surface area contributed by atoms with Crippen molar-refractivity contribution in [2.24, 2.45) is 0 Å². The molecule has 1 aliphatic heterocycles. The monoisotopic (exact) mass is 250 g/mol. The van der Waals surface area contributed by atoms with Gasteiger partial charge >= 0.3 is 0 Å². The van der Waals surface area contributed by atoms with E-state index in [1.807, 2.05) is 0 Å². The summed E-state index contributed by atoms with van der Waals surface area (Å²) < 4.78 is 0. The average Bonchev–Trinajstić information content (AvgIpc) is 2.69. The van der Waals surface area contributed by atoms with E-state index in [-0.39, 0.29) is 5.38 Å². The summed E-state index contributed by atoms with van der Waals surface area (Å²) in [5, 5.41) is 0.176. The van der Waals surface area contributed by atoms with Crippen LogP contribution in [0.25, 0.3) is 0 Å². The Labute approximate surface area is 108 Å². The van der Waals surface area contributed by atoms with E-state index in [1.165, 1.54) is 11.1 Å². The van der Waals surface area contributed by atoms with Crippen LogP contribution in [0.15, 0.2) is 24.3 Å². The minimum Gasteiger partial charge on any atom is -0.304 e. The second-order valence-corrected chi connectivity index (χ2v) is 5.68. The lowest BCUT2D eigenvalue weighted by Gasteiger charge is -2.37. The van der Waals surface area contributed by atoms with Crippen molar-refractivity contribution in [1.29, 1.82) is 0 Å². The molecule has 2 nitrogen and oxygen atoms in total. The second-order valence-electron chi connectivity index (χ2n) is 5.21. The molecule has 2 unspecified atom stereocenters. The summed E-state index contributed by atoms with van der Waals surface area (Å²) in [5.74, 6) is 0. The molecule has 3 rings (SSSR count). The first kappa shape index (κ1) is 11.5. The number of fused-ring (bicyclic) bond motifs is 1. The molecule has 2 atom stereocenters. The van der Waals surface area contributed by atoms with Crippen molar-refractivity contribution in [2.75, 3.05) is 33.2 Å². The van der Waals surface area contributed by atoms with E-state index in [0.717, 1.165) is 32.6 Å². The minimum absolute atomic E-state index is 0.176. The molecule has 1 saturated heterocycles. The van der Waals surface area contributed by atoms with Crippen LogP contribution in [0.2, 0.25) is 0 Å². The van der Waals surface area contributed by atoms with Crippen LogP contribution in [-0.4, -0.2) is 49.1 Å².